The number of fused-ring (bicyclic) bond motifs is 1. The van der Waals surface area contributed by atoms with E-state index in [4.69, 9.17) is 11.6 Å². The number of nitrogens with one attached hydrogen (secondary N) is 1. The van der Waals surface area contributed by atoms with Crippen molar-refractivity contribution >= 4 is 28.5 Å². The molecule has 0 aliphatic carbocycles. The Morgan fingerprint density at radius 3 is 2.90 bits per heavy atom. The molecule has 1 heterocycles. The third-order valence-electron chi connectivity index (χ3n) is 2.92. The number of benzene rings is 1. The first-order valence-corrected chi connectivity index (χ1v) is 7.02. The van der Waals surface area contributed by atoms with E-state index in [1.165, 1.54) is 12.1 Å². The molecule has 108 valence electrons. The Morgan fingerprint density at radius 2 is 2.25 bits per heavy atom. The van der Waals surface area contributed by atoms with Gasteiger partial charge in [0.2, 0.25) is 5.91 Å². The molecule has 0 bridgehead atoms. The highest BCUT2D eigenvalue weighted by molar-refractivity contribution is 6.16. The van der Waals surface area contributed by atoms with Crippen molar-refractivity contribution in [3.63, 3.8) is 0 Å². The van der Waals surface area contributed by atoms with E-state index < -0.39 is 0 Å². The summed E-state index contributed by atoms with van der Waals surface area (Å²) in [6, 6.07) is 4.30. The van der Waals surface area contributed by atoms with Gasteiger partial charge in [0, 0.05) is 6.54 Å². The fourth-order valence-corrected chi connectivity index (χ4v) is 2.15. The summed E-state index contributed by atoms with van der Waals surface area (Å²) in [5, 5.41) is 2.83. The molecule has 2 rings (SSSR count). The zero-order valence-corrected chi connectivity index (χ0v) is 12.2. The molecule has 0 radical (unpaired) electrons. The number of halogens is 2. The predicted molar refractivity (Wildman–Crippen MR) is 77.1 cm³/mol. The van der Waals surface area contributed by atoms with E-state index in [0.29, 0.717) is 29.3 Å². The highest BCUT2D eigenvalue weighted by atomic mass is 35.5. The Balaban J connectivity index is 2.27. The molecule has 0 aliphatic rings. The summed E-state index contributed by atoms with van der Waals surface area (Å²) in [6.07, 6.45) is 0. The lowest BCUT2D eigenvalue weighted by Crippen LogP contribution is -2.31. The topological polar surface area (TPSA) is 46.9 Å². The van der Waals surface area contributed by atoms with Gasteiger partial charge >= 0.3 is 0 Å². The van der Waals surface area contributed by atoms with Crippen LogP contribution in [0.25, 0.3) is 11.0 Å². The normalized spacial score (nSPS) is 11.2. The minimum absolute atomic E-state index is 0.0920. The average molecular weight is 298 g/mol. The molecule has 1 aromatic carbocycles. The molecule has 0 spiro atoms. The van der Waals surface area contributed by atoms with Crippen LogP contribution in [0.4, 0.5) is 4.39 Å². The van der Waals surface area contributed by atoms with Crippen molar-refractivity contribution in [1.82, 2.24) is 14.9 Å². The van der Waals surface area contributed by atoms with Crippen molar-refractivity contribution in [3.8, 4) is 0 Å². The van der Waals surface area contributed by atoms with Crippen LogP contribution in [0.15, 0.2) is 18.2 Å². The molecule has 0 saturated carbocycles. The quantitative estimate of drug-likeness (QED) is 0.863. The van der Waals surface area contributed by atoms with Gasteiger partial charge < -0.3 is 9.88 Å². The summed E-state index contributed by atoms with van der Waals surface area (Å²) in [4.78, 5) is 16.2. The molecule has 0 saturated heterocycles. The van der Waals surface area contributed by atoms with Gasteiger partial charge in [-0.1, -0.05) is 13.8 Å². The highest BCUT2D eigenvalue weighted by Gasteiger charge is 2.13. The van der Waals surface area contributed by atoms with Crippen LogP contribution in [0.3, 0.4) is 0 Å². The number of rotatable bonds is 5. The van der Waals surface area contributed by atoms with Gasteiger partial charge in [-0.05, 0) is 24.1 Å². The molecule has 2 aromatic rings. The Hall–Kier alpha value is -1.62. The van der Waals surface area contributed by atoms with E-state index in [2.05, 4.69) is 10.3 Å². The second-order valence-corrected chi connectivity index (χ2v) is 5.35. The number of amides is 1. The number of nitrogens with zero attached hydrogens (tertiary/aromatic N) is 2. The second-order valence-electron chi connectivity index (χ2n) is 5.08. The minimum atomic E-state index is -0.359. The van der Waals surface area contributed by atoms with E-state index in [-0.39, 0.29) is 24.1 Å². The van der Waals surface area contributed by atoms with Gasteiger partial charge in [-0.25, -0.2) is 9.37 Å². The van der Waals surface area contributed by atoms with Crippen LogP contribution in [0.2, 0.25) is 0 Å². The average Bonchev–Trinajstić information content (AvgIpc) is 2.74. The van der Waals surface area contributed by atoms with Crippen molar-refractivity contribution in [2.75, 3.05) is 6.54 Å². The number of imidazole rings is 1. The number of hydrogen-bond acceptors (Lipinski definition) is 2. The van der Waals surface area contributed by atoms with Crippen LogP contribution in [0, 0.1) is 11.7 Å². The van der Waals surface area contributed by atoms with Crippen LogP contribution in [-0.2, 0) is 17.2 Å². The largest absolute Gasteiger partial charge is 0.354 e. The van der Waals surface area contributed by atoms with Crippen molar-refractivity contribution in [1.29, 1.82) is 0 Å². The zero-order valence-electron chi connectivity index (χ0n) is 11.5. The number of alkyl halides is 1. The van der Waals surface area contributed by atoms with Crippen LogP contribution < -0.4 is 5.32 Å². The van der Waals surface area contributed by atoms with E-state index in [0.717, 1.165) is 0 Å². The van der Waals surface area contributed by atoms with E-state index in [9.17, 15) is 9.18 Å². The lowest BCUT2D eigenvalue weighted by molar-refractivity contribution is -0.121. The molecule has 1 amide bonds. The molecule has 1 N–H and O–H groups in total. The number of carbonyl (C=O) groups is 1. The van der Waals surface area contributed by atoms with Crippen LogP contribution in [0.5, 0.6) is 0 Å². The van der Waals surface area contributed by atoms with Crippen molar-refractivity contribution in [3.05, 3.63) is 29.8 Å². The van der Waals surface area contributed by atoms with E-state index in [1.807, 2.05) is 13.8 Å². The summed E-state index contributed by atoms with van der Waals surface area (Å²) in [5.74, 6) is 0.625. The molecule has 0 fully saturated rings. The number of carbonyl (C=O) groups excluding carboxylic acids is 1. The zero-order chi connectivity index (χ0) is 14.7. The summed E-state index contributed by atoms with van der Waals surface area (Å²) < 4.78 is 15.0. The van der Waals surface area contributed by atoms with E-state index in [1.54, 1.807) is 10.6 Å². The molecule has 4 nitrogen and oxygen atoms in total. The molecule has 1 aromatic heterocycles. The molecular weight excluding hydrogens is 281 g/mol. The fourth-order valence-electron chi connectivity index (χ4n) is 1.94. The Bertz CT molecular complexity index is 624. The summed E-state index contributed by atoms with van der Waals surface area (Å²) in [6.45, 7) is 4.74. The maximum absolute atomic E-state index is 13.3. The summed E-state index contributed by atoms with van der Waals surface area (Å²) in [5.41, 5.74) is 1.22. The molecule has 0 atom stereocenters. The summed E-state index contributed by atoms with van der Waals surface area (Å²) in [7, 11) is 0. The monoisotopic (exact) mass is 297 g/mol. The van der Waals surface area contributed by atoms with Gasteiger partial charge in [-0.2, -0.15) is 0 Å². The summed E-state index contributed by atoms with van der Waals surface area (Å²) >= 11 is 5.85. The van der Waals surface area contributed by atoms with Gasteiger partial charge in [0.15, 0.2) is 0 Å². The third-order valence-corrected chi connectivity index (χ3v) is 3.16. The maximum atomic E-state index is 13.3. The molecular formula is C14H17ClFN3O. The first-order chi connectivity index (χ1) is 9.51. The van der Waals surface area contributed by atoms with Crippen molar-refractivity contribution in [2.45, 2.75) is 26.3 Å². The van der Waals surface area contributed by atoms with Crippen molar-refractivity contribution in [2.24, 2.45) is 5.92 Å². The van der Waals surface area contributed by atoms with Gasteiger partial charge in [0.05, 0.1) is 16.9 Å². The lowest BCUT2D eigenvalue weighted by atomic mass is 10.2. The van der Waals surface area contributed by atoms with Crippen LogP contribution in [-0.4, -0.2) is 22.0 Å². The SMILES string of the molecule is CC(C)CNC(=O)Cn1c(CCl)nc2ccc(F)cc21. The Kier molecular flexibility index (Phi) is 4.60. The molecule has 0 unspecified atom stereocenters. The molecule has 0 aliphatic heterocycles. The van der Waals surface area contributed by atoms with Crippen molar-refractivity contribution < 1.29 is 9.18 Å². The first-order valence-electron chi connectivity index (χ1n) is 6.48. The Morgan fingerprint density at radius 1 is 1.50 bits per heavy atom. The molecule has 6 heteroatoms. The van der Waals surface area contributed by atoms with E-state index >= 15 is 0 Å². The van der Waals surface area contributed by atoms with Crippen LogP contribution >= 0.6 is 11.6 Å². The van der Waals surface area contributed by atoms with Gasteiger partial charge in [0.1, 0.15) is 18.2 Å². The maximum Gasteiger partial charge on any atom is 0.240 e. The van der Waals surface area contributed by atoms with Gasteiger partial charge in [0.25, 0.3) is 0 Å². The predicted octanol–water partition coefficient (Wildman–Crippen LogP) is 2.69. The molecule has 20 heavy (non-hydrogen) atoms. The van der Waals surface area contributed by atoms with Gasteiger partial charge in [-0.3, -0.25) is 4.79 Å². The Labute approximate surface area is 121 Å². The fraction of sp³-hybridized carbons (Fsp3) is 0.429. The first kappa shape index (κ1) is 14.8. The lowest BCUT2D eigenvalue weighted by Gasteiger charge is -2.10. The minimum Gasteiger partial charge on any atom is -0.354 e. The highest BCUT2D eigenvalue weighted by Crippen LogP contribution is 2.18. The standard InChI is InChI=1S/C14H17ClFN3O/c1-9(2)7-17-14(20)8-19-12-5-10(16)3-4-11(12)18-13(19)6-15/h3-5,9H,6-8H2,1-2H3,(H,17,20). The second kappa shape index (κ2) is 6.22. The third kappa shape index (κ3) is 3.28. The smallest absolute Gasteiger partial charge is 0.240 e. The number of aromatic nitrogens is 2. The van der Waals surface area contributed by atoms with Crippen LogP contribution in [0.1, 0.15) is 19.7 Å². The van der Waals surface area contributed by atoms with Gasteiger partial charge in [-0.15, -0.1) is 11.6 Å². The number of hydrogen-bond donors (Lipinski definition) is 1.